The van der Waals surface area contributed by atoms with E-state index in [2.05, 4.69) is 30.5 Å². The fourth-order valence-electron chi connectivity index (χ4n) is 5.35. The average molecular weight is 395 g/mol. The monoisotopic (exact) mass is 394 g/mol. The number of aryl methyl sites for hydroxylation is 2. The van der Waals surface area contributed by atoms with Crippen LogP contribution in [0.15, 0.2) is 52.3 Å². The normalized spacial score (nSPS) is 22.0. The lowest BCUT2D eigenvalue weighted by Crippen LogP contribution is -2.34. The summed E-state index contributed by atoms with van der Waals surface area (Å²) in [7, 11) is 0.836. The predicted molar refractivity (Wildman–Crippen MR) is 111 cm³/mol. The minimum Gasteiger partial charge on any atom is -0.347 e. The van der Waals surface area contributed by atoms with Gasteiger partial charge in [0.05, 0.1) is 15.3 Å². The summed E-state index contributed by atoms with van der Waals surface area (Å²) >= 11 is 0. The summed E-state index contributed by atoms with van der Waals surface area (Å²) in [6.07, 6.45) is 4.25. The topological polar surface area (TPSA) is 42.3 Å². The van der Waals surface area contributed by atoms with E-state index in [1.165, 1.54) is 23.2 Å². The largest absolute Gasteiger partial charge is 0.347 e. The van der Waals surface area contributed by atoms with Crippen molar-refractivity contribution in [2.75, 3.05) is 7.05 Å². The molecular formula is C23H26N2O2S. The molecule has 4 nitrogen and oxygen atoms in total. The Balaban J connectivity index is 1.80. The molecule has 0 spiro atoms. The molecule has 1 aromatic heterocycles. The maximum atomic E-state index is 13.3. The summed E-state index contributed by atoms with van der Waals surface area (Å²) in [4.78, 5) is 3.27. The number of likely N-dealkylation sites (N-methyl/N-ethyl adjacent to an activating group) is 1. The van der Waals surface area contributed by atoms with Gasteiger partial charge in [-0.1, -0.05) is 25.1 Å². The quantitative estimate of drug-likeness (QED) is 0.666. The number of rotatable bonds is 3. The maximum absolute atomic E-state index is 13.3. The van der Waals surface area contributed by atoms with Crippen molar-refractivity contribution in [2.45, 2.75) is 54.5 Å². The maximum Gasteiger partial charge on any atom is 0.206 e. The van der Waals surface area contributed by atoms with Crippen molar-refractivity contribution in [1.29, 1.82) is 0 Å². The average Bonchev–Trinajstić information content (AvgIpc) is 3.11. The molecule has 3 aromatic rings. The number of sulfone groups is 1. The standard InChI is InChI=1S/C23H26N2O2S/c1-4-15-12-18(28(26,27)17-8-6-5-7-9-17)14-19-22-20-11-10-16(24(20)2)13-21(22)25(3)23(15)19/h5-9,12,14,16,20H,4,10-11,13H2,1-3H3. The van der Waals surface area contributed by atoms with Crippen molar-refractivity contribution < 1.29 is 8.42 Å². The molecule has 1 fully saturated rings. The van der Waals surface area contributed by atoms with Crippen LogP contribution in [0.3, 0.4) is 0 Å². The van der Waals surface area contributed by atoms with Crippen LogP contribution in [-0.2, 0) is 29.7 Å². The molecule has 2 aliphatic heterocycles. The summed E-state index contributed by atoms with van der Waals surface area (Å²) in [5, 5.41) is 1.13. The van der Waals surface area contributed by atoms with Gasteiger partial charge in [-0.15, -0.1) is 0 Å². The second kappa shape index (κ2) is 6.19. The van der Waals surface area contributed by atoms with Crippen LogP contribution in [0.4, 0.5) is 0 Å². The van der Waals surface area contributed by atoms with Crippen molar-refractivity contribution in [3.8, 4) is 0 Å². The second-order valence-corrected chi connectivity index (χ2v) is 10.1. The summed E-state index contributed by atoms with van der Waals surface area (Å²) in [5.74, 6) is 0. The van der Waals surface area contributed by atoms with Crippen LogP contribution in [0.5, 0.6) is 0 Å². The second-order valence-electron chi connectivity index (χ2n) is 8.18. The Bertz CT molecular complexity index is 1180. The summed E-state index contributed by atoms with van der Waals surface area (Å²) in [6, 6.07) is 13.6. The molecule has 2 aromatic carbocycles. The highest BCUT2D eigenvalue weighted by Crippen LogP contribution is 2.47. The molecule has 5 rings (SSSR count). The Kier molecular flexibility index (Phi) is 3.97. The van der Waals surface area contributed by atoms with Crippen LogP contribution in [0.25, 0.3) is 10.9 Å². The van der Waals surface area contributed by atoms with E-state index in [-0.39, 0.29) is 0 Å². The molecule has 2 atom stereocenters. The van der Waals surface area contributed by atoms with Gasteiger partial charge in [0.15, 0.2) is 0 Å². The first-order valence-corrected chi connectivity index (χ1v) is 11.6. The van der Waals surface area contributed by atoms with Crippen molar-refractivity contribution in [3.63, 3.8) is 0 Å². The zero-order chi connectivity index (χ0) is 19.6. The predicted octanol–water partition coefficient (Wildman–Crippen LogP) is 4.26. The van der Waals surface area contributed by atoms with Gasteiger partial charge in [-0.25, -0.2) is 8.42 Å². The van der Waals surface area contributed by atoms with E-state index in [0.717, 1.165) is 30.2 Å². The third-order valence-corrected chi connectivity index (χ3v) is 8.60. The van der Waals surface area contributed by atoms with Crippen LogP contribution >= 0.6 is 0 Å². The van der Waals surface area contributed by atoms with E-state index in [4.69, 9.17) is 0 Å². The first-order chi connectivity index (χ1) is 13.4. The number of hydrogen-bond acceptors (Lipinski definition) is 3. The van der Waals surface area contributed by atoms with Gasteiger partial charge >= 0.3 is 0 Å². The van der Waals surface area contributed by atoms with E-state index in [1.807, 2.05) is 18.2 Å². The lowest BCUT2D eigenvalue weighted by atomic mass is 9.96. The molecular weight excluding hydrogens is 368 g/mol. The highest BCUT2D eigenvalue weighted by molar-refractivity contribution is 7.91. The Morgan fingerprint density at radius 1 is 1.04 bits per heavy atom. The molecule has 0 N–H and O–H groups in total. The van der Waals surface area contributed by atoms with E-state index in [1.54, 1.807) is 24.3 Å². The number of nitrogens with zero attached hydrogens (tertiary/aromatic N) is 2. The van der Waals surface area contributed by atoms with Gasteiger partial charge in [-0.3, -0.25) is 4.90 Å². The highest BCUT2D eigenvalue weighted by atomic mass is 32.2. The Morgan fingerprint density at radius 3 is 2.50 bits per heavy atom. The van der Waals surface area contributed by atoms with Gasteiger partial charge < -0.3 is 4.57 Å². The van der Waals surface area contributed by atoms with Crippen LogP contribution < -0.4 is 0 Å². The van der Waals surface area contributed by atoms with Gasteiger partial charge in [-0.2, -0.15) is 0 Å². The van der Waals surface area contributed by atoms with Crippen molar-refractivity contribution >= 4 is 20.7 Å². The van der Waals surface area contributed by atoms with E-state index in [0.29, 0.717) is 21.9 Å². The first-order valence-electron chi connectivity index (χ1n) is 10.1. The molecule has 5 heteroatoms. The Labute approximate surface area is 166 Å². The van der Waals surface area contributed by atoms with Gasteiger partial charge in [0.2, 0.25) is 9.84 Å². The minimum atomic E-state index is -3.53. The molecule has 0 radical (unpaired) electrons. The Morgan fingerprint density at radius 2 is 1.79 bits per heavy atom. The summed E-state index contributed by atoms with van der Waals surface area (Å²) in [5.41, 5.74) is 5.07. The first kappa shape index (κ1) is 18.0. The van der Waals surface area contributed by atoms with Crippen LogP contribution in [0, 0.1) is 0 Å². The SMILES string of the molecule is CCc1cc(S(=O)(=O)c2ccccc2)cc2c3c(n(C)c12)CC1CCC3N1C. The molecule has 3 heterocycles. The molecule has 0 amide bonds. The van der Waals surface area contributed by atoms with E-state index in [9.17, 15) is 8.42 Å². The van der Waals surface area contributed by atoms with E-state index < -0.39 is 9.84 Å². The molecule has 28 heavy (non-hydrogen) atoms. The lowest BCUT2D eigenvalue weighted by Gasteiger charge is -2.32. The fraction of sp³-hybridized carbons (Fsp3) is 0.391. The van der Waals surface area contributed by atoms with Gasteiger partial charge in [0, 0.05) is 36.6 Å². The lowest BCUT2D eigenvalue weighted by molar-refractivity contribution is 0.222. The van der Waals surface area contributed by atoms with Gasteiger partial charge in [0.25, 0.3) is 0 Å². The minimum absolute atomic E-state index is 0.360. The number of aromatic nitrogens is 1. The van der Waals surface area contributed by atoms with Gasteiger partial charge in [0.1, 0.15) is 0 Å². The zero-order valence-electron chi connectivity index (χ0n) is 16.6. The molecule has 0 saturated carbocycles. The number of hydrogen-bond donors (Lipinski definition) is 0. The zero-order valence-corrected chi connectivity index (χ0v) is 17.5. The molecule has 2 bridgehead atoms. The highest BCUT2D eigenvalue weighted by Gasteiger charge is 2.40. The van der Waals surface area contributed by atoms with Gasteiger partial charge in [-0.05, 0) is 61.7 Å². The molecule has 146 valence electrons. The summed E-state index contributed by atoms with van der Waals surface area (Å²) < 4.78 is 29.0. The van der Waals surface area contributed by atoms with Crippen molar-refractivity contribution in [2.24, 2.45) is 7.05 Å². The smallest absolute Gasteiger partial charge is 0.206 e. The molecule has 0 aliphatic carbocycles. The van der Waals surface area contributed by atoms with Crippen molar-refractivity contribution in [3.05, 3.63) is 59.3 Å². The summed E-state index contributed by atoms with van der Waals surface area (Å²) in [6.45, 7) is 2.11. The van der Waals surface area contributed by atoms with E-state index >= 15 is 0 Å². The molecule has 2 aliphatic rings. The van der Waals surface area contributed by atoms with Crippen LogP contribution in [0.2, 0.25) is 0 Å². The third kappa shape index (κ3) is 2.36. The number of benzene rings is 2. The number of fused-ring (bicyclic) bond motifs is 6. The molecule has 2 unspecified atom stereocenters. The third-order valence-electron chi connectivity index (χ3n) is 6.85. The van der Waals surface area contributed by atoms with Crippen LogP contribution in [-0.4, -0.2) is 31.0 Å². The van der Waals surface area contributed by atoms with Crippen molar-refractivity contribution in [1.82, 2.24) is 9.47 Å². The Hall–Kier alpha value is -2.11. The fourth-order valence-corrected chi connectivity index (χ4v) is 6.70. The molecule has 1 saturated heterocycles. The van der Waals surface area contributed by atoms with Crippen LogP contribution in [0.1, 0.15) is 42.6 Å².